The van der Waals surface area contributed by atoms with Gasteiger partial charge in [0.2, 0.25) is 5.91 Å². The maximum absolute atomic E-state index is 12.1. The largest absolute Gasteiger partial charge is 0.481 e. The molecule has 0 saturated heterocycles. The molecule has 1 aromatic rings. The Hall–Kier alpha value is -2.44. The van der Waals surface area contributed by atoms with Crippen LogP contribution in [-0.2, 0) is 16.0 Å². The monoisotopic (exact) mass is 306 g/mol. The molecule has 0 bridgehead atoms. The number of aliphatic carboxylic acids is 1. The van der Waals surface area contributed by atoms with Crippen molar-refractivity contribution in [3.63, 3.8) is 0 Å². The van der Waals surface area contributed by atoms with Crippen molar-refractivity contribution >= 4 is 17.6 Å². The van der Waals surface area contributed by atoms with E-state index in [1.165, 1.54) is 12.1 Å². The van der Waals surface area contributed by atoms with Gasteiger partial charge in [0.15, 0.2) is 0 Å². The summed E-state index contributed by atoms with van der Waals surface area (Å²) in [5, 5.41) is 22.8. The summed E-state index contributed by atoms with van der Waals surface area (Å²) in [5.74, 6) is -1.87. The van der Waals surface area contributed by atoms with Crippen molar-refractivity contribution in [1.82, 2.24) is 5.32 Å². The first-order valence-electron chi connectivity index (χ1n) is 7.23. The van der Waals surface area contributed by atoms with Gasteiger partial charge in [-0.05, 0) is 12.8 Å². The Bertz CT molecular complexity index is 587. The second-order valence-corrected chi connectivity index (χ2v) is 5.47. The van der Waals surface area contributed by atoms with Gasteiger partial charge >= 0.3 is 5.97 Å². The van der Waals surface area contributed by atoms with Crippen molar-refractivity contribution in [2.24, 2.45) is 5.92 Å². The minimum Gasteiger partial charge on any atom is -0.481 e. The van der Waals surface area contributed by atoms with Crippen LogP contribution in [0.15, 0.2) is 24.3 Å². The van der Waals surface area contributed by atoms with Gasteiger partial charge in [0, 0.05) is 17.7 Å². The lowest BCUT2D eigenvalue weighted by molar-refractivity contribution is -0.385. The molecule has 0 radical (unpaired) electrons. The molecule has 1 saturated carbocycles. The summed E-state index contributed by atoms with van der Waals surface area (Å²) in [5.41, 5.74) is 0.226. The minimum absolute atomic E-state index is 0.101. The molecule has 118 valence electrons. The summed E-state index contributed by atoms with van der Waals surface area (Å²) in [4.78, 5) is 33.7. The Morgan fingerprint density at radius 3 is 2.64 bits per heavy atom. The van der Waals surface area contributed by atoms with Crippen molar-refractivity contribution in [2.75, 3.05) is 0 Å². The Morgan fingerprint density at radius 2 is 1.95 bits per heavy atom. The molecule has 0 heterocycles. The zero-order chi connectivity index (χ0) is 16.1. The highest BCUT2D eigenvalue weighted by molar-refractivity contribution is 5.81. The van der Waals surface area contributed by atoms with Crippen LogP contribution >= 0.6 is 0 Å². The number of hydrogen-bond acceptors (Lipinski definition) is 4. The van der Waals surface area contributed by atoms with E-state index < -0.39 is 22.9 Å². The van der Waals surface area contributed by atoms with Gasteiger partial charge in [-0.3, -0.25) is 19.7 Å². The first-order chi connectivity index (χ1) is 10.5. The lowest BCUT2D eigenvalue weighted by atomic mass is 9.84. The molecule has 22 heavy (non-hydrogen) atoms. The molecule has 7 heteroatoms. The zero-order valence-electron chi connectivity index (χ0n) is 12.0. The molecular formula is C15H18N2O5. The van der Waals surface area contributed by atoms with Gasteiger partial charge in [-0.25, -0.2) is 0 Å². The number of carboxylic acid groups (broad SMARTS) is 1. The number of carbonyl (C=O) groups excluding carboxylic acids is 1. The van der Waals surface area contributed by atoms with Gasteiger partial charge in [-0.1, -0.05) is 31.0 Å². The Balaban J connectivity index is 2.04. The number of carboxylic acids is 1. The Labute approximate surface area is 127 Å². The van der Waals surface area contributed by atoms with Crippen molar-refractivity contribution in [3.05, 3.63) is 39.9 Å². The van der Waals surface area contributed by atoms with Crippen LogP contribution in [0.5, 0.6) is 0 Å². The summed E-state index contributed by atoms with van der Waals surface area (Å²) < 4.78 is 0. The summed E-state index contributed by atoms with van der Waals surface area (Å²) in [7, 11) is 0. The average Bonchev–Trinajstić information content (AvgIpc) is 2.47. The maximum Gasteiger partial charge on any atom is 0.308 e. The van der Waals surface area contributed by atoms with Crippen molar-refractivity contribution in [2.45, 2.75) is 38.1 Å². The fourth-order valence-corrected chi connectivity index (χ4v) is 2.87. The van der Waals surface area contributed by atoms with E-state index in [0.717, 1.165) is 12.8 Å². The highest BCUT2D eigenvalue weighted by atomic mass is 16.6. The van der Waals surface area contributed by atoms with Gasteiger partial charge in [-0.2, -0.15) is 0 Å². The second kappa shape index (κ2) is 7.02. The van der Waals surface area contributed by atoms with Crippen molar-refractivity contribution < 1.29 is 19.6 Å². The van der Waals surface area contributed by atoms with E-state index in [4.69, 9.17) is 0 Å². The normalized spacial score (nSPS) is 21.1. The topological polar surface area (TPSA) is 110 Å². The number of hydrogen-bond donors (Lipinski definition) is 2. The molecule has 2 rings (SSSR count). The fraction of sp³-hybridized carbons (Fsp3) is 0.467. The first-order valence-corrected chi connectivity index (χ1v) is 7.23. The van der Waals surface area contributed by atoms with E-state index in [1.807, 2.05) is 0 Å². The van der Waals surface area contributed by atoms with Crippen LogP contribution in [0, 0.1) is 16.0 Å². The highest BCUT2D eigenvalue weighted by Gasteiger charge is 2.32. The van der Waals surface area contributed by atoms with E-state index >= 15 is 0 Å². The molecule has 1 aliphatic carbocycles. The predicted octanol–water partition coefficient (Wildman–Crippen LogP) is 1.90. The van der Waals surface area contributed by atoms with E-state index in [0.29, 0.717) is 18.4 Å². The van der Waals surface area contributed by atoms with Crippen LogP contribution in [-0.4, -0.2) is 27.9 Å². The quantitative estimate of drug-likeness (QED) is 0.637. The lowest BCUT2D eigenvalue weighted by Gasteiger charge is -2.29. The van der Waals surface area contributed by atoms with Crippen LogP contribution < -0.4 is 5.32 Å². The van der Waals surface area contributed by atoms with Gasteiger partial charge in [0.05, 0.1) is 17.3 Å². The molecule has 0 spiro atoms. The minimum atomic E-state index is -0.907. The summed E-state index contributed by atoms with van der Waals surface area (Å²) in [6, 6.07) is 5.66. The molecule has 2 atom stereocenters. The fourth-order valence-electron chi connectivity index (χ4n) is 2.87. The Kier molecular flexibility index (Phi) is 5.08. The number of para-hydroxylation sites is 1. The molecule has 0 aromatic heterocycles. The van der Waals surface area contributed by atoms with Gasteiger partial charge in [0.1, 0.15) is 0 Å². The van der Waals surface area contributed by atoms with Gasteiger partial charge in [-0.15, -0.1) is 0 Å². The van der Waals surface area contributed by atoms with E-state index in [-0.39, 0.29) is 18.0 Å². The van der Waals surface area contributed by atoms with Crippen LogP contribution in [0.1, 0.15) is 31.2 Å². The third-order valence-electron chi connectivity index (χ3n) is 3.97. The van der Waals surface area contributed by atoms with Crippen LogP contribution in [0.2, 0.25) is 0 Å². The number of carbonyl (C=O) groups is 2. The molecule has 0 aliphatic heterocycles. The van der Waals surface area contributed by atoms with Crippen LogP contribution in [0.4, 0.5) is 5.69 Å². The number of amides is 1. The zero-order valence-corrected chi connectivity index (χ0v) is 12.0. The highest BCUT2D eigenvalue weighted by Crippen LogP contribution is 2.25. The molecular weight excluding hydrogens is 288 g/mol. The van der Waals surface area contributed by atoms with E-state index in [9.17, 15) is 24.8 Å². The molecule has 2 N–H and O–H groups in total. The van der Waals surface area contributed by atoms with Crippen LogP contribution in [0.25, 0.3) is 0 Å². The molecule has 0 unspecified atom stereocenters. The average molecular weight is 306 g/mol. The molecule has 1 amide bonds. The second-order valence-electron chi connectivity index (χ2n) is 5.47. The third-order valence-corrected chi connectivity index (χ3v) is 3.97. The Morgan fingerprint density at radius 1 is 1.27 bits per heavy atom. The summed E-state index contributed by atoms with van der Waals surface area (Å²) in [6.45, 7) is 0. The van der Waals surface area contributed by atoms with Crippen LogP contribution in [0.3, 0.4) is 0 Å². The van der Waals surface area contributed by atoms with Gasteiger partial charge < -0.3 is 10.4 Å². The molecule has 1 fully saturated rings. The lowest BCUT2D eigenvalue weighted by Crippen LogP contribution is -2.45. The maximum atomic E-state index is 12.1. The van der Waals surface area contributed by atoms with Crippen molar-refractivity contribution in [1.29, 1.82) is 0 Å². The number of benzene rings is 1. The standard InChI is InChI=1S/C15H18N2O5/c18-14(9-10-5-1-4-8-13(10)17(21)22)16-12-7-3-2-6-11(12)15(19)20/h1,4-5,8,11-12H,2-3,6-7,9H2,(H,16,18)(H,19,20)/t11-,12-/m1/s1. The summed E-state index contributed by atoms with van der Waals surface area (Å²) >= 11 is 0. The third kappa shape index (κ3) is 3.81. The predicted molar refractivity (Wildman–Crippen MR) is 78.3 cm³/mol. The molecule has 7 nitrogen and oxygen atoms in total. The molecule has 1 aliphatic rings. The number of nitro groups is 1. The van der Waals surface area contributed by atoms with Crippen molar-refractivity contribution in [3.8, 4) is 0 Å². The number of nitro benzene ring substituents is 1. The number of nitrogens with one attached hydrogen (secondary N) is 1. The first kappa shape index (κ1) is 15.9. The van der Waals surface area contributed by atoms with E-state index in [1.54, 1.807) is 12.1 Å². The van der Waals surface area contributed by atoms with E-state index in [2.05, 4.69) is 5.32 Å². The number of rotatable bonds is 5. The SMILES string of the molecule is O=C(Cc1ccccc1[N+](=O)[O-])N[C@@H]1CCCC[C@H]1C(=O)O. The smallest absolute Gasteiger partial charge is 0.308 e. The van der Waals surface area contributed by atoms with Gasteiger partial charge in [0.25, 0.3) is 5.69 Å². The molecule has 1 aromatic carbocycles. The number of nitrogens with zero attached hydrogens (tertiary/aromatic N) is 1. The summed E-state index contributed by atoms with van der Waals surface area (Å²) in [6.07, 6.45) is 2.76.